The van der Waals surface area contributed by atoms with Crippen LogP contribution in [0.15, 0.2) is 12.2 Å². The summed E-state index contributed by atoms with van der Waals surface area (Å²) in [5.74, 6) is 0.340. The average Bonchev–Trinajstić information content (AvgIpc) is 2.19. The van der Waals surface area contributed by atoms with Crippen LogP contribution in [0, 0.1) is 5.92 Å². The zero-order chi connectivity index (χ0) is 10.4. The van der Waals surface area contributed by atoms with E-state index < -0.39 is 0 Å². The molecule has 80 valence electrons. The first kappa shape index (κ1) is 11.2. The van der Waals surface area contributed by atoms with E-state index in [4.69, 9.17) is 4.74 Å². The molecule has 1 rings (SSSR count). The summed E-state index contributed by atoms with van der Waals surface area (Å²) >= 11 is 0. The van der Waals surface area contributed by atoms with Gasteiger partial charge >= 0.3 is 5.97 Å². The zero-order valence-electron chi connectivity index (χ0n) is 8.75. The van der Waals surface area contributed by atoms with Crippen LogP contribution in [0.4, 0.5) is 0 Å². The fraction of sp³-hybridized carbons (Fsp3) is 0.727. The van der Waals surface area contributed by atoms with Crippen molar-refractivity contribution in [1.82, 2.24) is 0 Å². The lowest BCUT2D eigenvalue weighted by Gasteiger charge is -2.22. The first-order valence-electron chi connectivity index (χ1n) is 5.03. The lowest BCUT2D eigenvalue weighted by Crippen LogP contribution is -2.18. The highest BCUT2D eigenvalue weighted by Crippen LogP contribution is 2.22. The molecule has 0 aromatic carbocycles. The molecule has 1 fully saturated rings. The Kier molecular flexibility index (Phi) is 4.66. The summed E-state index contributed by atoms with van der Waals surface area (Å²) in [7, 11) is 1.40. The van der Waals surface area contributed by atoms with Crippen molar-refractivity contribution < 1.29 is 14.3 Å². The molecule has 0 bridgehead atoms. The van der Waals surface area contributed by atoms with Crippen molar-refractivity contribution in [3.8, 4) is 0 Å². The molecule has 1 atom stereocenters. The van der Waals surface area contributed by atoms with E-state index >= 15 is 0 Å². The molecule has 0 saturated carbocycles. The van der Waals surface area contributed by atoms with Crippen molar-refractivity contribution >= 4 is 5.97 Å². The Bertz CT molecular complexity index is 205. The van der Waals surface area contributed by atoms with Gasteiger partial charge in [-0.3, -0.25) is 4.79 Å². The van der Waals surface area contributed by atoms with Crippen molar-refractivity contribution in [2.45, 2.75) is 25.7 Å². The fourth-order valence-corrected chi connectivity index (χ4v) is 1.73. The maximum Gasteiger partial charge on any atom is 0.309 e. The predicted octanol–water partition coefficient (Wildman–Crippen LogP) is 1.92. The van der Waals surface area contributed by atoms with Crippen molar-refractivity contribution in [2.75, 3.05) is 20.3 Å². The monoisotopic (exact) mass is 198 g/mol. The standard InChI is InChI=1S/C11H18O3/c1-9(7-11(12)13-2)6-10-4-3-5-14-8-10/h10H,1,3-8H2,2H3. The third-order valence-corrected chi connectivity index (χ3v) is 2.45. The molecule has 1 heterocycles. The molecule has 0 aliphatic carbocycles. The minimum absolute atomic E-state index is 0.202. The molecule has 0 N–H and O–H groups in total. The van der Waals surface area contributed by atoms with Gasteiger partial charge in [0.05, 0.1) is 13.5 Å². The summed E-state index contributed by atoms with van der Waals surface area (Å²) in [6, 6.07) is 0. The molecular weight excluding hydrogens is 180 g/mol. The number of methoxy groups -OCH3 is 1. The van der Waals surface area contributed by atoms with Crippen molar-refractivity contribution in [1.29, 1.82) is 0 Å². The summed E-state index contributed by atoms with van der Waals surface area (Å²) in [6.07, 6.45) is 3.53. The van der Waals surface area contributed by atoms with Gasteiger partial charge in [0.15, 0.2) is 0 Å². The average molecular weight is 198 g/mol. The highest BCUT2D eigenvalue weighted by molar-refractivity contribution is 5.72. The Morgan fingerprint density at radius 2 is 2.43 bits per heavy atom. The van der Waals surface area contributed by atoms with Gasteiger partial charge in [-0.15, -0.1) is 0 Å². The second kappa shape index (κ2) is 5.81. The maximum atomic E-state index is 10.9. The lowest BCUT2D eigenvalue weighted by molar-refractivity contribution is -0.139. The predicted molar refractivity (Wildman–Crippen MR) is 53.9 cm³/mol. The number of rotatable bonds is 4. The van der Waals surface area contributed by atoms with Crippen LogP contribution in [0.2, 0.25) is 0 Å². The SMILES string of the molecule is C=C(CC(=O)OC)CC1CCCOC1. The Labute approximate surface area is 85.1 Å². The summed E-state index contributed by atoms with van der Waals surface area (Å²) in [4.78, 5) is 10.9. The van der Waals surface area contributed by atoms with Crippen molar-refractivity contribution in [3.05, 3.63) is 12.2 Å². The smallest absolute Gasteiger partial charge is 0.309 e. The van der Waals surface area contributed by atoms with Gasteiger partial charge in [-0.05, 0) is 25.2 Å². The van der Waals surface area contributed by atoms with Crippen LogP contribution in [0.3, 0.4) is 0 Å². The molecule has 1 unspecified atom stereocenters. The van der Waals surface area contributed by atoms with Gasteiger partial charge < -0.3 is 9.47 Å². The van der Waals surface area contributed by atoms with Gasteiger partial charge in [-0.1, -0.05) is 12.2 Å². The zero-order valence-corrected chi connectivity index (χ0v) is 8.75. The van der Waals surface area contributed by atoms with Gasteiger partial charge in [0.1, 0.15) is 0 Å². The van der Waals surface area contributed by atoms with E-state index in [0.29, 0.717) is 12.3 Å². The van der Waals surface area contributed by atoms with Crippen molar-refractivity contribution in [2.24, 2.45) is 5.92 Å². The van der Waals surface area contributed by atoms with E-state index in [1.165, 1.54) is 13.5 Å². The molecule has 0 spiro atoms. The molecular formula is C11H18O3. The first-order valence-corrected chi connectivity index (χ1v) is 5.03. The maximum absolute atomic E-state index is 10.9. The van der Waals surface area contributed by atoms with Gasteiger partial charge in [-0.2, -0.15) is 0 Å². The Balaban J connectivity index is 2.21. The van der Waals surface area contributed by atoms with E-state index in [-0.39, 0.29) is 5.97 Å². The van der Waals surface area contributed by atoms with Gasteiger partial charge in [0.25, 0.3) is 0 Å². The van der Waals surface area contributed by atoms with E-state index in [2.05, 4.69) is 11.3 Å². The van der Waals surface area contributed by atoms with Crippen LogP contribution in [-0.2, 0) is 14.3 Å². The van der Waals surface area contributed by atoms with Gasteiger partial charge in [-0.25, -0.2) is 0 Å². The number of hydrogen-bond donors (Lipinski definition) is 0. The summed E-state index contributed by atoms with van der Waals surface area (Å²) in [5.41, 5.74) is 0.951. The van der Waals surface area contributed by atoms with Crippen LogP contribution < -0.4 is 0 Å². The minimum atomic E-state index is -0.202. The summed E-state index contributed by atoms with van der Waals surface area (Å²) in [6.45, 7) is 5.56. The third-order valence-electron chi connectivity index (χ3n) is 2.45. The topological polar surface area (TPSA) is 35.5 Å². The number of hydrogen-bond acceptors (Lipinski definition) is 3. The number of ether oxygens (including phenoxy) is 2. The van der Waals surface area contributed by atoms with Crippen LogP contribution in [0.1, 0.15) is 25.7 Å². The fourth-order valence-electron chi connectivity index (χ4n) is 1.73. The largest absolute Gasteiger partial charge is 0.469 e. The van der Waals surface area contributed by atoms with Crippen LogP contribution in [-0.4, -0.2) is 26.3 Å². The second-order valence-electron chi connectivity index (χ2n) is 3.79. The first-order chi connectivity index (χ1) is 6.72. The molecule has 3 heteroatoms. The molecule has 14 heavy (non-hydrogen) atoms. The van der Waals surface area contributed by atoms with Crippen LogP contribution in [0.5, 0.6) is 0 Å². The normalized spacial score (nSPS) is 21.6. The Morgan fingerprint density at radius 3 is 3.00 bits per heavy atom. The van der Waals surface area contributed by atoms with Crippen LogP contribution in [0.25, 0.3) is 0 Å². The molecule has 1 aliphatic rings. The molecule has 1 saturated heterocycles. The minimum Gasteiger partial charge on any atom is -0.469 e. The van der Waals surface area contributed by atoms with E-state index in [1.807, 2.05) is 0 Å². The molecule has 0 amide bonds. The molecule has 0 aromatic rings. The highest BCUT2D eigenvalue weighted by Gasteiger charge is 2.16. The van der Waals surface area contributed by atoms with Gasteiger partial charge in [0, 0.05) is 13.2 Å². The molecule has 3 nitrogen and oxygen atoms in total. The highest BCUT2D eigenvalue weighted by atomic mass is 16.5. The second-order valence-corrected chi connectivity index (χ2v) is 3.79. The molecule has 0 radical (unpaired) electrons. The quantitative estimate of drug-likeness (QED) is 0.511. The number of carbonyl (C=O) groups is 1. The molecule has 1 aliphatic heterocycles. The van der Waals surface area contributed by atoms with Crippen LogP contribution >= 0.6 is 0 Å². The van der Waals surface area contributed by atoms with E-state index in [1.54, 1.807) is 0 Å². The van der Waals surface area contributed by atoms with E-state index in [0.717, 1.165) is 31.6 Å². The summed E-state index contributed by atoms with van der Waals surface area (Å²) < 4.78 is 9.94. The Hall–Kier alpha value is -0.830. The number of esters is 1. The van der Waals surface area contributed by atoms with Gasteiger partial charge in [0.2, 0.25) is 0 Å². The third kappa shape index (κ3) is 3.92. The van der Waals surface area contributed by atoms with E-state index in [9.17, 15) is 4.79 Å². The lowest BCUT2D eigenvalue weighted by atomic mass is 9.93. The number of carbonyl (C=O) groups excluding carboxylic acids is 1. The Morgan fingerprint density at radius 1 is 1.64 bits per heavy atom. The summed E-state index contributed by atoms with van der Waals surface area (Å²) in [5, 5.41) is 0. The molecule has 0 aromatic heterocycles. The van der Waals surface area contributed by atoms with Crippen molar-refractivity contribution in [3.63, 3.8) is 0 Å².